The van der Waals surface area contributed by atoms with Gasteiger partial charge in [-0.2, -0.15) is 0 Å². The second kappa shape index (κ2) is 5.46. The van der Waals surface area contributed by atoms with Crippen LogP contribution in [0.1, 0.15) is 0 Å². The summed E-state index contributed by atoms with van der Waals surface area (Å²) in [5, 5.41) is 0. The molecular formula is C6H18O5PSi2. The van der Waals surface area contributed by atoms with Gasteiger partial charge in [-0.05, 0) is 39.3 Å². The summed E-state index contributed by atoms with van der Waals surface area (Å²) in [7, 11) is -5.98. The van der Waals surface area contributed by atoms with E-state index in [9.17, 15) is 4.57 Å². The lowest BCUT2D eigenvalue weighted by molar-refractivity contribution is -0.172. The van der Waals surface area contributed by atoms with Crippen molar-refractivity contribution in [2.45, 2.75) is 39.3 Å². The highest BCUT2D eigenvalue weighted by Crippen LogP contribution is 2.28. The fraction of sp³-hybridized carbons (Fsp3) is 1.00. The first-order valence-electron chi connectivity index (χ1n) is 4.29. The summed E-state index contributed by atoms with van der Waals surface area (Å²) in [5.41, 5.74) is 0. The molecule has 0 saturated carbocycles. The molecule has 0 aromatic heterocycles. The van der Waals surface area contributed by atoms with Gasteiger partial charge in [0.15, 0.2) is 0 Å². The van der Waals surface area contributed by atoms with E-state index < -0.39 is 24.9 Å². The first-order valence-corrected chi connectivity index (χ1v) is 12.2. The molecule has 0 atom stereocenters. The van der Waals surface area contributed by atoms with Crippen LogP contribution in [0.4, 0.5) is 0 Å². The van der Waals surface area contributed by atoms with Crippen molar-refractivity contribution in [1.82, 2.24) is 0 Å². The number of rotatable bonds is 6. The van der Waals surface area contributed by atoms with Crippen molar-refractivity contribution in [1.29, 1.82) is 0 Å². The third-order valence-electron chi connectivity index (χ3n) is 0.696. The van der Waals surface area contributed by atoms with Gasteiger partial charge in [-0.25, -0.2) is 4.57 Å². The van der Waals surface area contributed by atoms with E-state index in [0.717, 1.165) is 0 Å². The Morgan fingerprint density at radius 2 is 1.07 bits per heavy atom. The maximum Gasteiger partial charge on any atom is 0.425 e. The van der Waals surface area contributed by atoms with Crippen LogP contribution in [-0.4, -0.2) is 16.6 Å². The van der Waals surface area contributed by atoms with Gasteiger partial charge in [0.2, 0.25) is 16.6 Å². The lowest BCUT2D eigenvalue weighted by Crippen LogP contribution is -2.25. The molecule has 85 valence electrons. The van der Waals surface area contributed by atoms with Crippen molar-refractivity contribution in [3.05, 3.63) is 0 Å². The molecule has 8 heteroatoms. The summed E-state index contributed by atoms with van der Waals surface area (Å²) >= 11 is 0. The van der Waals surface area contributed by atoms with Crippen molar-refractivity contribution < 1.29 is 23.1 Å². The van der Waals surface area contributed by atoms with Crippen LogP contribution in [0.5, 0.6) is 0 Å². The van der Waals surface area contributed by atoms with Gasteiger partial charge >= 0.3 is 8.25 Å². The van der Waals surface area contributed by atoms with Gasteiger partial charge in [0.1, 0.15) is 0 Å². The van der Waals surface area contributed by atoms with E-state index in [-0.39, 0.29) is 0 Å². The molecule has 0 N–H and O–H groups in total. The number of hydrogen-bond acceptors (Lipinski definition) is 5. The van der Waals surface area contributed by atoms with Gasteiger partial charge in [0, 0.05) is 0 Å². The molecule has 0 aromatic rings. The molecule has 5 nitrogen and oxygen atoms in total. The van der Waals surface area contributed by atoms with Crippen LogP contribution in [0.25, 0.3) is 0 Å². The van der Waals surface area contributed by atoms with Gasteiger partial charge < -0.3 is 0 Å². The van der Waals surface area contributed by atoms with Crippen molar-refractivity contribution in [2.24, 2.45) is 0 Å². The minimum Gasteiger partial charge on any atom is -0.274 e. The minimum absolute atomic E-state index is 1.83. The van der Waals surface area contributed by atoms with Gasteiger partial charge in [-0.3, -0.25) is 9.15 Å². The Kier molecular flexibility index (Phi) is 5.60. The molecule has 0 rings (SSSR count). The van der Waals surface area contributed by atoms with E-state index in [1.165, 1.54) is 0 Å². The Morgan fingerprint density at radius 3 is 1.29 bits per heavy atom. The van der Waals surface area contributed by atoms with E-state index in [1.807, 2.05) is 39.3 Å². The summed E-state index contributed by atoms with van der Waals surface area (Å²) in [6.45, 7) is 11.5. The predicted octanol–water partition coefficient (Wildman–Crippen LogP) is 3.21. The lowest BCUT2D eigenvalue weighted by Gasteiger charge is -2.16. The molecule has 0 fully saturated rings. The Hall–Kier alpha value is 0.374. The summed E-state index contributed by atoms with van der Waals surface area (Å²) in [5.74, 6) is 0. The van der Waals surface area contributed by atoms with Crippen molar-refractivity contribution in [3.63, 3.8) is 0 Å². The zero-order chi connectivity index (χ0) is 11.4. The molecule has 0 bridgehead atoms. The summed E-state index contributed by atoms with van der Waals surface area (Å²) in [4.78, 5) is 0. The molecule has 0 heterocycles. The van der Waals surface area contributed by atoms with E-state index in [0.29, 0.717) is 0 Å². The summed E-state index contributed by atoms with van der Waals surface area (Å²) < 4.78 is 30.0. The SMILES string of the molecule is C[Si](C)(C)OO[P](=O)OO[Si](C)(C)C. The maximum absolute atomic E-state index is 11.0. The van der Waals surface area contributed by atoms with Gasteiger partial charge in [0.05, 0.1) is 0 Å². The second-order valence-corrected chi connectivity index (χ2v) is 14.3. The maximum atomic E-state index is 11.0. The van der Waals surface area contributed by atoms with Gasteiger partial charge in [0.25, 0.3) is 0 Å². The average molecular weight is 257 g/mol. The van der Waals surface area contributed by atoms with Crippen LogP contribution >= 0.6 is 8.25 Å². The number of hydrogen-bond donors (Lipinski definition) is 0. The Morgan fingerprint density at radius 1 is 0.786 bits per heavy atom. The molecular weight excluding hydrogens is 239 g/mol. The Balaban J connectivity index is 3.68. The lowest BCUT2D eigenvalue weighted by atomic mass is 11.8. The zero-order valence-electron chi connectivity index (χ0n) is 9.49. The van der Waals surface area contributed by atoms with E-state index in [4.69, 9.17) is 9.15 Å². The monoisotopic (exact) mass is 257 g/mol. The molecule has 0 aromatic carbocycles. The highest BCUT2D eigenvalue weighted by atomic mass is 31.1. The van der Waals surface area contributed by atoms with E-state index in [1.54, 1.807) is 0 Å². The standard InChI is InChI=1S/C6H18O5PSi2/c1-13(2,3)10-8-12(7)9-11-14(4,5)6/h1-6H3. The Bertz CT molecular complexity index is 177. The minimum atomic E-state index is -2.33. The molecule has 0 amide bonds. The van der Waals surface area contributed by atoms with Gasteiger partial charge in [-0.1, -0.05) is 0 Å². The molecule has 0 aliphatic rings. The average Bonchev–Trinajstić information content (AvgIpc) is 1.94. The van der Waals surface area contributed by atoms with E-state index in [2.05, 4.69) is 9.35 Å². The molecule has 0 unspecified atom stereocenters. The first kappa shape index (κ1) is 14.4. The van der Waals surface area contributed by atoms with Crippen molar-refractivity contribution >= 4 is 24.9 Å². The molecule has 0 saturated heterocycles. The molecule has 0 spiro atoms. The first-order chi connectivity index (χ1) is 6.10. The van der Waals surface area contributed by atoms with Crippen LogP contribution in [-0.2, 0) is 23.1 Å². The molecule has 0 aliphatic carbocycles. The van der Waals surface area contributed by atoms with Crippen LogP contribution in [0.15, 0.2) is 0 Å². The smallest absolute Gasteiger partial charge is 0.274 e. The fourth-order valence-corrected chi connectivity index (χ4v) is 2.60. The van der Waals surface area contributed by atoms with E-state index >= 15 is 0 Å². The normalized spacial score (nSPS) is 13.0. The van der Waals surface area contributed by atoms with Crippen LogP contribution in [0, 0.1) is 0 Å². The second-order valence-electron chi connectivity index (χ2n) is 4.76. The van der Waals surface area contributed by atoms with Crippen molar-refractivity contribution in [3.8, 4) is 0 Å². The van der Waals surface area contributed by atoms with Crippen LogP contribution < -0.4 is 0 Å². The zero-order valence-corrected chi connectivity index (χ0v) is 12.4. The summed E-state index contributed by atoms with van der Waals surface area (Å²) in [6, 6.07) is 0. The quantitative estimate of drug-likeness (QED) is 0.316. The third-order valence-corrected chi connectivity index (χ3v) is 2.54. The Labute approximate surface area is 87.8 Å². The largest absolute Gasteiger partial charge is 0.425 e. The van der Waals surface area contributed by atoms with Crippen LogP contribution in [0.2, 0.25) is 39.3 Å². The summed E-state index contributed by atoms with van der Waals surface area (Å²) in [6.07, 6.45) is 0. The predicted molar refractivity (Wildman–Crippen MR) is 58.6 cm³/mol. The third kappa shape index (κ3) is 10.5. The highest BCUT2D eigenvalue weighted by molar-refractivity contribution is 7.33. The highest BCUT2D eigenvalue weighted by Gasteiger charge is 2.22. The van der Waals surface area contributed by atoms with Crippen LogP contribution in [0.3, 0.4) is 0 Å². The molecule has 0 aliphatic heterocycles. The van der Waals surface area contributed by atoms with Gasteiger partial charge in [-0.15, -0.1) is 9.35 Å². The topological polar surface area (TPSA) is 54.0 Å². The molecule has 14 heavy (non-hydrogen) atoms. The van der Waals surface area contributed by atoms with Crippen molar-refractivity contribution in [2.75, 3.05) is 0 Å². The molecule has 1 radical (unpaired) electrons. The fourth-order valence-electron chi connectivity index (χ4n) is 0.297.